The molecule has 2 bridgehead atoms. The van der Waals surface area contributed by atoms with Gasteiger partial charge >= 0.3 is 5.97 Å². The molecule has 4 aliphatic rings. The lowest BCUT2D eigenvalue weighted by molar-refractivity contribution is -0.190. The molecule has 8 atom stereocenters. The lowest BCUT2D eigenvalue weighted by atomic mass is 9.59. The zero-order valence-corrected chi connectivity index (χ0v) is 20.8. The van der Waals surface area contributed by atoms with Crippen molar-refractivity contribution in [2.75, 3.05) is 6.61 Å². The number of carbonyl (C=O) groups is 2. The Hall–Kier alpha value is -2.81. The smallest absolute Gasteiger partial charge is 0.361 e. The number of para-hydroxylation sites is 1. The van der Waals surface area contributed by atoms with Crippen LogP contribution in [0.25, 0.3) is 11.0 Å². The molecular formula is C28H31NO7. The molecule has 0 aliphatic heterocycles. The molecule has 1 heterocycles. The van der Waals surface area contributed by atoms with E-state index in [9.17, 15) is 24.9 Å². The maximum atomic E-state index is 14.4. The number of fused-ring (bicyclic) bond motifs is 4. The van der Waals surface area contributed by atoms with Crippen LogP contribution >= 0.6 is 0 Å². The van der Waals surface area contributed by atoms with Gasteiger partial charge in [0, 0.05) is 5.92 Å². The summed E-state index contributed by atoms with van der Waals surface area (Å²) in [6.07, 6.45) is 1.12. The first kappa shape index (κ1) is 23.6. The van der Waals surface area contributed by atoms with E-state index in [1.165, 1.54) is 0 Å². The number of aliphatic hydroxyl groups excluding tert-OH is 2. The van der Waals surface area contributed by atoms with E-state index in [0.29, 0.717) is 23.0 Å². The van der Waals surface area contributed by atoms with E-state index < -0.39 is 41.7 Å². The number of ketones is 1. The SMILES string of the molecule is CC1=CC23C(=O)[C@@H](C=C(CO)[C@@H](O)[C@]2(O)[C@H]1OC(=O)c1noc2ccccc12)[C@H]1[C@@H](CC3C)C1(C)C. The van der Waals surface area contributed by atoms with Gasteiger partial charge in [0.05, 0.1) is 17.4 Å². The molecular weight excluding hydrogens is 462 g/mol. The summed E-state index contributed by atoms with van der Waals surface area (Å²) >= 11 is 0. The molecule has 0 radical (unpaired) electrons. The Kier molecular flexibility index (Phi) is 4.83. The monoisotopic (exact) mass is 493 g/mol. The molecule has 2 unspecified atom stereocenters. The highest BCUT2D eigenvalue weighted by molar-refractivity contribution is 6.01. The fourth-order valence-corrected chi connectivity index (χ4v) is 7.79. The van der Waals surface area contributed by atoms with Gasteiger partial charge in [0.15, 0.2) is 28.8 Å². The lowest BCUT2D eigenvalue weighted by Gasteiger charge is -2.48. The van der Waals surface area contributed by atoms with Gasteiger partial charge in [-0.15, -0.1) is 0 Å². The van der Waals surface area contributed by atoms with E-state index in [-0.39, 0.29) is 40.2 Å². The van der Waals surface area contributed by atoms with Crippen molar-refractivity contribution >= 4 is 22.7 Å². The average molecular weight is 494 g/mol. The van der Waals surface area contributed by atoms with Crippen LogP contribution in [0.3, 0.4) is 0 Å². The molecule has 1 spiro atoms. The molecule has 36 heavy (non-hydrogen) atoms. The fraction of sp³-hybridized carbons (Fsp3) is 0.536. The van der Waals surface area contributed by atoms with Crippen molar-refractivity contribution in [3.05, 3.63) is 53.3 Å². The number of allylic oxidation sites excluding steroid dienone is 1. The van der Waals surface area contributed by atoms with Gasteiger partial charge in [-0.25, -0.2) is 4.79 Å². The van der Waals surface area contributed by atoms with Crippen LogP contribution in [0.2, 0.25) is 0 Å². The molecule has 6 rings (SSSR count). The third-order valence-corrected chi connectivity index (χ3v) is 9.69. The Morgan fingerprint density at radius 1 is 1.28 bits per heavy atom. The molecule has 2 saturated carbocycles. The molecule has 2 aromatic rings. The van der Waals surface area contributed by atoms with Crippen molar-refractivity contribution < 1.29 is 34.2 Å². The topological polar surface area (TPSA) is 130 Å². The maximum Gasteiger partial charge on any atom is 0.361 e. The van der Waals surface area contributed by atoms with Gasteiger partial charge in [0.1, 0.15) is 6.10 Å². The number of esters is 1. The Labute approximate surface area is 208 Å². The first-order chi connectivity index (χ1) is 17.0. The van der Waals surface area contributed by atoms with Crippen molar-refractivity contribution in [2.24, 2.45) is 34.5 Å². The van der Waals surface area contributed by atoms with Crippen molar-refractivity contribution in [3.8, 4) is 0 Å². The van der Waals surface area contributed by atoms with Gasteiger partial charge < -0.3 is 24.6 Å². The number of rotatable bonds is 3. The van der Waals surface area contributed by atoms with Gasteiger partial charge in [-0.05, 0) is 59.8 Å². The molecule has 4 aliphatic carbocycles. The van der Waals surface area contributed by atoms with Crippen molar-refractivity contribution in [2.45, 2.75) is 51.9 Å². The third kappa shape index (κ3) is 2.67. The number of nitrogens with zero attached hydrogens (tertiary/aromatic N) is 1. The van der Waals surface area contributed by atoms with E-state index in [2.05, 4.69) is 19.0 Å². The highest BCUT2D eigenvalue weighted by atomic mass is 16.6. The molecule has 1 aromatic heterocycles. The number of aromatic nitrogens is 1. The molecule has 0 saturated heterocycles. The molecule has 8 heteroatoms. The fourth-order valence-electron chi connectivity index (χ4n) is 7.79. The summed E-state index contributed by atoms with van der Waals surface area (Å²) in [6, 6.07) is 6.85. The van der Waals surface area contributed by atoms with Crippen LogP contribution in [0, 0.1) is 34.5 Å². The quantitative estimate of drug-likeness (QED) is 0.440. The maximum absolute atomic E-state index is 14.4. The van der Waals surface area contributed by atoms with Gasteiger partial charge in [0.2, 0.25) is 0 Å². The number of ether oxygens (including phenoxy) is 1. The number of aliphatic hydroxyl groups is 3. The Balaban J connectivity index is 1.47. The van der Waals surface area contributed by atoms with Gasteiger partial charge in [0.25, 0.3) is 0 Å². The minimum atomic E-state index is -2.19. The molecule has 2 fully saturated rings. The summed E-state index contributed by atoms with van der Waals surface area (Å²) in [7, 11) is 0. The summed E-state index contributed by atoms with van der Waals surface area (Å²) in [6.45, 7) is 7.38. The van der Waals surface area contributed by atoms with Crippen LogP contribution in [0.1, 0.15) is 44.6 Å². The molecule has 190 valence electrons. The van der Waals surface area contributed by atoms with Crippen LogP contribution in [0.15, 0.2) is 52.1 Å². The number of carbonyl (C=O) groups excluding carboxylic acids is 2. The standard InChI is InChI=1S/C28H31NO7/c1-13-11-27-14(2)9-18-20(26(18,3)4)17(23(27)32)10-15(12-30)22(31)28(27,34)24(13)35-25(33)21-16-7-5-6-8-19(16)36-29-21/h5-8,10-11,14,17-18,20,22,24,30-31,34H,9,12H2,1-4H3/t14?,17-,18+,20-,22+,24-,27?,28-/m0/s1. The molecule has 3 N–H and O–H groups in total. The Morgan fingerprint density at radius 2 is 2.00 bits per heavy atom. The second-order valence-electron chi connectivity index (χ2n) is 11.7. The first-order valence-corrected chi connectivity index (χ1v) is 12.5. The summed E-state index contributed by atoms with van der Waals surface area (Å²) in [4.78, 5) is 27.7. The van der Waals surface area contributed by atoms with Crippen LogP contribution in [0.4, 0.5) is 0 Å². The second-order valence-corrected chi connectivity index (χ2v) is 11.7. The van der Waals surface area contributed by atoms with Gasteiger partial charge in [-0.1, -0.05) is 50.2 Å². The highest BCUT2D eigenvalue weighted by Crippen LogP contribution is 2.71. The summed E-state index contributed by atoms with van der Waals surface area (Å²) < 4.78 is 11.1. The lowest BCUT2D eigenvalue weighted by Crippen LogP contribution is -2.65. The highest BCUT2D eigenvalue weighted by Gasteiger charge is 2.76. The normalized spacial score (nSPS) is 40.5. The van der Waals surface area contributed by atoms with Crippen LogP contribution in [0.5, 0.6) is 0 Å². The van der Waals surface area contributed by atoms with Crippen molar-refractivity contribution in [1.29, 1.82) is 0 Å². The zero-order valence-electron chi connectivity index (χ0n) is 20.8. The number of hydrogen-bond donors (Lipinski definition) is 3. The van der Waals surface area contributed by atoms with Crippen LogP contribution in [-0.4, -0.2) is 56.6 Å². The van der Waals surface area contributed by atoms with Crippen LogP contribution < -0.4 is 0 Å². The minimum absolute atomic E-state index is 0.0508. The molecule has 0 amide bonds. The Bertz CT molecular complexity index is 1350. The van der Waals surface area contributed by atoms with Gasteiger partial charge in [-0.3, -0.25) is 4.79 Å². The first-order valence-electron chi connectivity index (χ1n) is 12.5. The Morgan fingerprint density at radius 3 is 2.72 bits per heavy atom. The zero-order chi connectivity index (χ0) is 25.8. The number of benzene rings is 1. The summed E-state index contributed by atoms with van der Waals surface area (Å²) in [5.41, 5.74) is -2.71. The third-order valence-electron chi connectivity index (χ3n) is 9.69. The van der Waals surface area contributed by atoms with Crippen molar-refractivity contribution in [3.63, 3.8) is 0 Å². The predicted molar refractivity (Wildman–Crippen MR) is 129 cm³/mol. The molecule has 1 aromatic carbocycles. The van der Waals surface area contributed by atoms with Gasteiger partial charge in [-0.2, -0.15) is 0 Å². The van der Waals surface area contributed by atoms with E-state index in [1.807, 2.05) is 6.92 Å². The largest absolute Gasteiger partial charge is 0.450 e. The van der Waals surface area contributed by atoms with Crippen molar-refractivity contribution in [1.82, 2.24) is 5.16 Å². The minimum Gasteiger partial charge on any atom is -0.450 e. The van der Waals surface area contributed by atoms with E-state index >= 15 is 0 Å². The van der Waals surface area contributed by atoms with Crippen LogP contribution in [-0.2, 0) is 9.53 Å². The van der Waals surface area contributed by atoms with E-state index in [0.717, 1.165) is 0 Å². The van der Waals surface area contributed by atoms with E-state index in [4.69, 9.17) is 9.26 Å². The average Bonchev–Trinajstić information content (AvgIpc) is 3.14. The summed E-state index contributed by atoms with van der Waals surface area (Å²) in [5, 5.41) is 38.6. The van der Waals surface area contributed by atoms with E-state index in [1.54, 1.807) is 43.3 Å². The predicted octanol–water partition coefficient (Wildman–Crippen LogP) is 2.82. The molecule has 8 nitrogen and oxygen atoms in total. The summed E-state index contributed by atoms with van der Waals surface area (Å²) in [5.74, 6) is -1.58. The number of hydrogen-bond acceptors (Lipinski definition) is 8. The second kappa shape index (κ2) is 7.37. The number of Topliss-reactive ketones (excluding diaryl/α,β-unsaturated/α-hetero) is 1.